The maximum absolute atomic E-state index is 11.5. The monoisotopic (exact) mass is 230 g/mol. The van der Waals surface area contributed by atoms with Gasteiger partial charge in [0.1, 0.15) is 0 Å². The average Bonchev–Trinajstić information content (AvgIpc) is 2.66. The van der Waals surface area contributed by atoms with Crippen molar-refractivity contribution in [3.63, 3.8) is 0 Å². The van der Waals surface area contributed by atoms with Gasteiger partial charge in [0.15, 0.2) is 0 Å². The highest BCUT2D eigenvalue weighted by molar-refractivity contribution is 7.98. The lowest BCUT2D eigenvalue weighted by molar-refractivity contribution is -0.117. The van der Waals surface area contributed by atoms with Crippen molar-refractivity contribution in [3.8, 4) is 0 Å². The molecule has 0 fully saturated rings. The van der Waals surface area contributed by atoms with E-state index in [2.05, 4.69) is 5.32 Å². The zero-order chi connectivity index (χ0) is 10.4. The Balaban J connectivity index is 2.34. The third-order valence-corrected chi connectivity index (χ3v) is 3.09. The number of nitrogens with two attached hydrogens (primary N) is 1. The van der Waals surface area contributed by atoms with Crippen LogP contribution in [0.1, 0.15) is 6.42 Å². The van der Waals surface area contributed by atoms with Gasteiger partial charge < -0.3 is 11.1 Å². The van der Waals surface area contributed by atoms with E-state index >= 15 is 0 Å². The van der Waals surface area contributed by atoms with Crippen LogP contribution in [0.5, 0.6) is 0 Å². The SMILES string of the molecule is CSCC[C@H](N)C(=O)Nc1ccsc1. The van der Waals surface area contributed by atoms with Crippen LogP contribution in [0.25, 0.3) is 0 Å². The van der Waals surface area contributed by atoms with Gasteiger partial charge in [0.25, 0.3) is 0 Å². The second-order valence-electron chi connectivity index (χ2n) is 2.89. The van der Waals surface area contributed by atoms with Crippen LogP contribution in [0, 0.1) is 0 Å². The first-order valence-electron chi connectivity index (χ1n) is 4.31. The van der Waals surface area contributed by atoms with E-state index in [1.54, 1.807) is 23.1 Å². The molecule has 1 aromatic rings. The second-order valence-corrected chi connectivity index (χ2v) is 4.65. The molecule has 0 unspecified atom stereocenters. The number of carbonyl (C=O) groups excluding carboxylic acids is 1. The molecule has 0 aliphatic rings. The van der Waals surface area contributed by atoms with E-state index in [0.29, 0.717) is 0 Å². The first-order valence-corrected chi connectivity index (χ1v) is 6.65. The lowest BCUT2D eigenvalue weighted by Gasteiger charge is -2.10. The summed E-state index contributed by atoms with van der Waals surface area (Å²) < 4.78 is 0. The van der Waals surface area contributed by atoms with E-state index in [1.165, 1.54) is 0 Å². The fraction of sp³-hybridized carbons (Fsp3) is 0.444. The molecule has 0 aliphatic heterocycles. The van der Waals surface area contributed by atoms with Crippen molar-refractivity contribution in [2.75, 3.05) is 17.3 Å². The number of amides is 1. The maximum Gasteiger partial charge on any atom is 0.241 e. The van der Waals surface area contributed by atoms with Crippen LogP contribution in [0.15, 0.2) is 16.8 Å². The third-order valence-electron chi connectivity index (χ3n) is 1.76. The van der Waals surface area contributed by atoms with Crippen molar-refractivity contribution in [2.45, 2.75) is 12.5 Å². The predicted octanol–water partition coefficient (Wildman–Crippen LogP) is 1.77. The second kappa shape index (κ2) is 6.06. The van der Waals surface area contributed by atoms with E-state index in [1.807, 2.05) is 23.1 Å². The van der Waals surface area contributed by atoms with Crippen molar-refractivity contribution < 1.29 is 4.79 Å². The van der Waals surface area contributed by atoms with Gasteiger partial charge in [0.2, 0.25) is 5.91 Å². The van der Waals surface area contributed by atoms with Crippen LogP contribution in [0.4, 0.5) is 5.69 Å². The van der Waals surface area contributed by atoms with Gasteiger partial charge in [-0.3, -0.25) is 4.79 Å². The Kier molecular flexibility index (Phi) is 5.00. The summed E-state index contributed by atoms with van der Waals surface area (Å²) in [4.78, 5) is 11.5. The zero-order valence-corrected chi connectivity index (χ0v) is 9.66. The molecule has 3 N–H and O–H groups in total. The molecule has 0 spiro atoms. The van der Waals surface area contributed by atoms with Gasteiger partial charge in [-0.1, -0.05) is 0 Å². The number of hydrogen-bond donors (Lipinski definition) is 2. The Bertz CT molecular complexity index is 274. The normalized spacial score (nSPS) is 12.4. The first-order chi connectivity index (χ1) is 6.74. The molecule has 1 atom stereocenters. The lowest BCUT2D eigenvalue weighted by atomic mass is 10.2. The quantitative estimate of drug-likeness (QED) is 0.810. The first kappa shape index (κ1) is 11.6. The molecule has 3 nitrogen and oxygen atoms in total. The molecule has 0 radical (unpaired) electrons. The third kappa shape index (κ3) is 3.69. The highest BCUT2D eigenvalue weighted by Gasteiger charge is 2.12. The highest BCUT2D eigenvalue weighted by Crippen LogP contribution is 2.12. The minimum Gasteiger partial charge on any atom is -0.324 e. The molecular formula is C9H14N2OS2. The molecule has 1 rings (SSSR count). The van der Waals surface area contributed by atoms with E-state index in [-0.39, 0.29) is 5.91 Å². The molecular weight excluding hydrogens is 216 g/mol. The van der Waals surface area contributed by atoms with Gasteiger partial charge in [-0.2, -0.15) is 23.1 Å². The lowest BCUT2D eigenvalue weighted by Crippen LogP contribution is -2.35. The molecule has 1 aromatic heterocycles. The van der Waals surface area contributed by atoms with Gasteiger partial charge in [0.05, 0.1) is 11.7 Å². The van der Waals surface area contributed by atoms with Gasteiger partial charge in [-0.05, 0) is 29.9 Å². The van der Waals surface area contributed by atoms with Gasteiger partial charge >= 0.3 is 0 Å². The minimum atomic E-state index is -0.401. The molecule has 0 aromatic carbocycles. The summed E-state index contributed by atoms with van der Waals surface area (Å²) in [7, 11) is 0. The number of thiophene rings is 1. The summed E-state index contributed by atoms with van der Waals surface area (Å²) >= 11 is 3.25. The molecule has 5 heteroatoms. The van der Waals surface area contributed by atoms with Crippen LogP contribution in [-0.2, 0) is 4.79 Å². The van der Waals surface area contributed by atoms with E-state index in [9.17, 15) is 4.79 Å². The standard InChI is InChI=1S/C9H14N2OS2/c1-13-4-3-8(10)9(12)11-7-2-5-14-6-7/h2,5-6,8H,3-4,10H2,1H3,(H,11,12)/t8-/m0/s1. The Morgan fingerprint density at radius 1 is 1.79 bits per heavy atom. The fourth-order valence-corrected chi connectivity index (χ4v) is 2.02. The summed E-state index contributed by atoms with van der Waals surface area (Å²) in [6.45, 7) is 0. The molecule has 1 amide bonds. The van der Waals surface area contributed by atoms with Crippen LogP contribution in [0.2, 0.25) is 0 Å². The van der Waals surface area contributed by atoms with Crippen LogP contribution in [-0.4, -0.2) is 24.0 Å². The Hall–Kier alpha value is -0.520. The van der Waals surface area contributed by atoms with E-state index in [0.717, 1.165) is 17.9 Å². The number of nitrogens with one attached hydrogen (secondary N) is 1. The number of thioether (sulfide) groups is 1. The summed E-state index contributed by atoms with van der Waals surface area (Å²) in [6, 6.07) is 1.46. The Labute approximate surface area is 92.1 Å². The molecule has 0 aliphatic carbocycles. The largest absolute Gasteiger partial charge is 0.324 e. The van der Waals surface area contributed by atoms with E-state index in [4.69, 9.17) is 5.73 Å². The van der Waals surface area contributed by atoms with Crippen LogP contribution >= 0.6 is 23.1 Å². The van der Waals surface area contributed by atoms with Crippen molar-refractivity contribution >= 4 is 34.7 Å². The Morgan fingerprint density at radius 2 is 2.57 bits per heavy atom. The van der Waals surface area contributed by atoms with Gasteiger partial charge in [-0.25, -0.2) is 0 Å². The summed E-state index contributed by atoms with van der Waals surface area (Å²) in [6.07, 6.45) is 2.72. The average molecular weight is 230 g/mol. The fourth-order valence-electron chi connectivity index (χ4n) is 0.946. The molecule has 0 bridgehead atoms. The van der Waals surface area contributed by atoms with Crippen molar-refractivity contribution in [1.29, 1.82) is 0 Å². The highest BCUT2D eigenvalue weighted by atomic mass is 32.2. The van der Waals surface area contributed by atoms with Crippen molar-refractivity contribution in [3.05, 3.63) is 16.8 Å². The molecule has 0 saturated carbocycles. The van der Waals surface area contributed by atoms with E-state index < -0.39 is 6.04 Å². The number of carbonyl (C=O) groups is 1. The number of rotatable bonds is 5. The zero-order valence-electron chi connectivity index (χ0n) is 8.03. The van der Waals surface area contributed by atoms with Crippen LogP contribution in [0.3, 0.4) is 0 Å². The molecule has 1 heterocycles. The smallest absolute Gasteiger partial charge is 0.241 e. The number of anilines is 1. The Morgan fingerprint density at radius 3 is 3.14 bits per heavy atom. The number of hydrogen-bond acceptors (Lipinski definition) is 4. The van der Waals surface area contributed by atoms with Gasteiger partial charge in [-0.15, -0.1) is 0 Å². The summed E-state index contributed by atoms with van der Waals surface area (Å²) in [5, 5.41) is 6.58. The predicted molar refractivity (Wildman–Crippen MR) is 63.9 cm³/mol. The van der Waals surface area contributed by atoms with Crippen molar-refractivity contribution in [1.82, 2.24) is 0 Å². The topological polar surface area (TPSA) is 55.1 Å². The minimum absolute atomic E-state index is 0.0996. The van der Waals surface area contributed by atoms with Crippen LogP contribution < -0.4 is 11.1 Å². The molecule has 78 valence electrons. The van der Waals surface area contributed by atoms with Crippen molar-refractivity contribution in [2.24, 2.45) is 5.73 Å². The summed E-state index contributed by atoms with van der Waals surface area (Å²) in [5.74, 6) is 0.815. The molecule has 0 saturated heterocycles. The maximum atomic E-state index is 11.5. The summed E-state index contributed by atoms with van der Waals surface area (Å²) in [5.41, 5.74) is 6.53. The van der Waals surface area contributed by atoms with Gasteiger partial charge in [0, 0.05) is 5.38 Å². The molecule has 14 heavy (non-hydrogen) atoms.